The van der Waals surface area contributed by atoms with Crippen LogP contribution in [0.5, 0.6) is 11.5 Å². The van der Waals surface area contributed by atoms with Gasteiger partial charge in [0.15, 0.2) is 11.5 Å². The van der Waals surface area contributed by atoms with E-state index in [4.69, 9.17) is 9.47 Å². The Bertz CT molecular complexity index is 756. The molecule has 2 aromatic rings. The predicted octanol–water partition coefficient (Wildman–Crippen LogP) is 3.88. The van der Waals surface area contributed by atoms with Crippen LogP contribution >= 0.6 is 0 Å². The van der Waals surface area contributed by atoms with E-state index >= 15 is 0 Å². The molecule has 7 nitrogen and oxygen atoms in total. The van der Waals surface area contributed by atoms with E-state index in [2.05, 4.69) is 20.6 Å². The molecule has 7 heteroatoms. The van der Waals surface area contributed by atoms with Crippen LogP contribution in [-0.2, 0) is 0 Å². The fourth-order valence-electron chi connectivity index (χ4n) is 3.24. The van der Waals surface area contributed by atoms with Gasteiger partial charge in [0.05, 0.1) is 19.8 Å². The topological polar surface area (TPSA) is 85.4 Å². The highest BCUT2D eigenvalue weighted by Gasteiger charge is 2.14. The van der Waals surface area contributed by atoms with Crippen molar-refractivity contribution in [3.63, 3.8) is 0 Å². The number of methoxy groups -OCH3 is 2. The van der Waals surface area contributed by atoms with Crippen LogP contribution in [-0.4, -0.2) is 36.1 Å². The van der Waals surface area contributed by atoms with Gasteiger partial charge in [-0.15, -0.1) is 0 Å². The quantitative estimate of drug-likeness (QED) is 0.751. The van der Waals surface area contributed by atoms with Crippen LogP contribution in [0, 0.1) is 0 Å². The summed E-state index contributed by atoms with van der Waals surface area (Å²) in [5.74, 6) is 1.45. The van der Waals surface area contributed by atoms with Crippen LogP contribution in [0.1, 0.15) is 48.9 Å². The van der Waals surface area contributed by atoms with Crippen LogP contribution in [0.15, 0.2) is 30.6 Å². The zero-order valence-corrected chi connectivity index (χ0v) is 15.8. The minimum atomic E-state index is -0.275. The van der Waals surface area contributed by atoms with Gasteiger partial charge >= 0.3 is 0 Å². The zero-order chi connectivity index (χ0) is 19.1. The smallest absolute Gasteiger partial charge is 0.258 e. The second-order valence-corrected chi connectivity index (χ2v) is 6.65. The maximum Gasteiger partial charge on any atom is 0.258 e. The number of nitrogens with one attached hydrogen (secondary N) is 2. The molecule has 1 saturated carbocycles. The van der Waals surface area contributed by atoms with Gasteiger partial charge in [0.1, 0.15) is 0 Å². The van der Waals surface area contributed by atoms with Crippen LogP contribution in [0.25, 0.3) is 0 Å². The highest BCUT2D eigenvalue weighted by molar-refractivity contribution is 6.04. The minimum Gasteiger partial charge on any atom is -0.493 e. The first kappa shape index (κ1) is 18.9. The van der Waals surface area contributed by atoms with Gasteiger partial charge in [0.2, 0.25) is 5.95 Å². The molecule has 0 saturated heterocycles. The molecule has 0 aliphatic heterocycles. The van der Waals surface area contributed by atoms with E-state index in [1.54, 1.807) is 44.8 Å². The molecule has 144 valence electrons. The van der Waals surface area contributed by atoms with E-state index < -0.39 is 0 Å². The molecule has 27 heavy (non-hydrogen) atoms. The minimum absolute atomic E-state index is 0.275. The van der Waals surface area contributed by atoms with Crippen molar-refractivity contribution >= 4 is 17.5 Å². The summed E-state index contributed by atoms with van der Waals surface area (Å²) < 4.78 is 10.5. The van der Waals surface area contributed by atoms with E-state index in [9.17, 15) is 4.79 Å². The van der Waals surface area contributed by atoms with Gasteiger partial charge in [-0.3, -0.25) is 4.79 Å². The summed E-state index contributed by atoms with van der Waals surface area (Å²) in [6, 6.07) is 5.62. The van der Waals surface area contributed by atoms with Gasteiger partial charge in [0, 0.05) is 30.2 Å². The van der Waals surface area contributed by atoms with E-state index in [-0.39, 0.29) is 5.91 Å². The molecule has 0 spiro atoms. The van der Waals surface area contributed by atoms with E-state index in [0.717, 1.165) is 12.8 Å². The number of aromatic nitrogens is 2. The average Bonchev–Trinajstić information content (AvgIpc) is 2.97. The molecule has 0 atom stereocenters. The molecule has 0 unspecified atom stereocenters. The lowest BCUT2D eigenvalue weighted by Crippen LogP contribution is -2.20. The molecule has 1 aliphatic carbocycles. The third kappa shape index (κ3) is 5.09. The molecule has 1 heterocycles. The molecule has 1 aliphatic rings. The zero-order valence-electron chi connectivity index (χ0n) is 15.8. The maximum absolute atomic E-state index is 12.4. The first-order valence-electron chi connectivity index (χ1n) is 9.31. The van der Waals surface area contributed by atoms with Gasteiger partial charge in [0.25, 0.3) is 5.91 Å². The van der Waals surface area contributed by atoms with Crippen molar-refractivity contribution in [3.05, 3.63) is 36.2 Å². The number of benzene rings is 1. The SMILES string of the molecule is COc1ccc(NC(=O)c2cnc(NC3CCCCCC3)nc2)cc1OC. The van der Waals surface area contributed by atoms with Crippen LogP contribution in [0.3, 0.4) is 0 Å². The summed E-state index contributed by atoms with van der Waals surface area (Å²) in [6.07, 6.45) is 10.5. The monoisotopic (exact) mass is 370 g/mol. The summed E-state index contributed by atoms with van der Waals surface area (Å²) in [4.78, 5) is 21.0. The van der Waals surface area contributed by atoms with Gasteiger partial charge in [-0.2, -0.15) is 0 Å². The summed E-state index contributed by atoms with van der Waals surface area (Å²) in [5, 5.41) is 6.20. The Labute approximate surface area is 159 Å². The second-order valence-electron chi connectivity index (χ2n) is 6.65. The standard InChI is InChI=1S/C20H26N4O3/c1-26-17-10-9-16(11-18(17)27-2)23-19(25)14-12-21-20(22-13-14)24-15-7-5-3-4-6-8-15/h9-13,15H,3-8H2,1-2H3,(H,23,25)(H,21,22,24). The molecular formula is C20H26N4O3. The number of rotatable bonds is 6. The highest BCUT2D eigenvalue weighted by Crippen LogP contribution is 2.29. The fraction of sp³-hybridized carbons (Fsp3) is 0.450. The van der Waals surface area contributed by atoms with Gasteiger partial charge in [-0.1, -0.05) is 25.7 Å². The molecular weight excluding hydrogens is 344 g/mol. The van der Waals surface area contributed by atoms with Crippen molar-refractivity contribution in [2.45, 2.75) is 44.6 Å². The number of amides is 1. The highest BCUT2D eigenvalue weighted by atomic mass is 16.5. The molecule has 1 fully saturated rings. The number of carbonyl (C=O) groups is 1. The first-order valence-corrected chi connectivity index (χ1v) is 9.31. The van der Waals surface area contributed by atoms with Crippen molar-refractivity contribution in [2.24, 2.45) is 0 Å². The Morgan fingerprint density at radius 3 is 2.30 bits per heavy atom. The average molecular weight is 370 g/mol. The molecule has 1 aromatic carbocycles. The number of hydrogen-bond donors (Lipinski definition) is 2. The third-order valence-corrected chi connectivity index (χ3v) is 4.74. The Kier molecular flexibility index (Phi) is 6.46. The Hall–Kier alpha value is -2.83. The van der Waals surface area contributed by atoms with E-state index in [1.807, 2.05) is 0 Å². The number of ether oxygens (including phenoxy) is 2. The van der Waals surface area contributed by atoms with Crippen LogP contribution < -0.4 is 20.1 Å². The summed E-state index contributed by atoms with van der Waals surface area (Å²) in [5.41, 5.74) is 1.01. The van der Waals surface area contributed by atoms with Crippen LogP contribution in [0.2, 0.25) is 0 Å². The molecule has 3 rings (SSSR count). The normalized spacial score (nSPS) is 14.9. The van der Waals surface area contributed by atoms with Crippen LogP contribution in [0.4, 0.5) is 11.6 Å². The summed E-state index contributed by atoms with van der Waals surface area (Å²) >= 11 is 0. The van der Waals surface area contributed by atoms with Crippen molar-refractivity contribution in [2.75, 3.05) is 24.9 Å². The number of hydrogen-bond acceptors (Lipinski definition) is 6. The Morgan fingerprint density at radius 2 is 1.67 bits per heavy atom. The van der Waals surface area contributed by atoms with Gasteiger partial charge < -0.3 is 20.1 Å². The number of nitrogens with zero attached hydrogens (tertiary/aromatic N) is 2. The predicted molar refractivity (Wildman–Crippen MR) is 105 cm³/mol. The van der Waals surface area contributed by atoms with E-state index in [1.165, 1.54) is 25.7 Å². The maximum atomic E-state index is 12.4. The van der Waals surface area contributed by atoms with Crippen molar-refractivity contribution in [1.29, 1.82) is 0 Å². The number of carbonyl (C=O) groups excluding carboxylic acids is 1. The lowest BCUT2D eigenvalue weighted by atomic mass is 10.1. The van der Waals surface area contributed by atoms with Crippen molar-refractivity contribution in [1.82, 2.24) is 9.97 Å². The van der Waals surface area contributed by atoms with Crippen molar-refractivity contribution < 1.29 is 14.3 Å². The lowest BCUT2D eigenvalue weighted by molar-refractivity contribution is 0.102. The fourth-order valence-corrected chi connectivity index (χ4v) is 3.24. The molecule has 1 amide bonds. The summed E-state index contributed by atoms with van der Waals surface area (Å²) in [6.45, 7) is 0. The lowest BCUT2D eigenvalue weighted by Gasteiger charge is -2.16. The second kappa shape index (κ2) is 9.21. The summed E-state index contributed by atoms with van der Waals surface area (Å²) in [7, 11) is 3.12. The Morgan fingerprint density at radius 1 is 1.00 bits per heavy atom. The van der Waals surface area contributed by atoms with Crippen molar-refractivity contribution in [3.8, 4) is 11.5 Å². The molecule has 0 radical (unpaired) electrons. The van der Waals surface area contributed by atoms with Gasteiger partial charge in [-0.25, -0.2) is 9.97 Å². The number of anilines is 2. The first-order chi connectivity index (χ1) is 13.2. The molecule has 2 N–H and O–H groups in total. The third-order valence-electron chi connectivity index (χ3n) is 4.74. The van der Waals surface area contributed by atoms with Gasteiger partial charge in [-0.05, 0) is 25.0 Å². The van der Waals surface area contributed by atoms with E-state index in [0.29, 0.717) is 34.7 Å². The largest absolute Gasteiger partial charge is 0.493 e. The molecule has 1 aromatic heterocycles. The molecule has 0 bridgehead atoms. The Balaban J connectivity index is 1.61.